The predicted octanol–water partition coefficient (Wildman–Crippen LogP) is 4.02. The van der Waals surface area contributed by atoms with Crippen LogP contribution in [0, 0.1) is 0 Å². The van der Waals surface area contributed by atoms with Gasteiger partial charge in [-0.25, -0.2) is 0 Å². The van der Waals surface area contributed by atoms with E-state index in [4.69, 9.17) is 5.73 Å². The first-order chi connectivity index (χ1) is 7.48. The van der Waals surface area contributed by atoms with Gasteiger partial charge in [0.25, 0.3) is 0 Å². The summed E-state index contributed by atoms with van der Waals surface area (Å²) in [5.41, 5.74) is 6.33. The van der Waals surface area contributed by atoms with Crippen molar-refractivity contribution in [2.45, 2.75) is 6.18 Å². The summed E-state index contributed by atoms with van der Waals surface area (Å²) >= 11 is 1.41. The van der Waals surface area contributed by atoms with Crippen LogP contribution in [0.5, 0.6) is 0 Å². The lowest BCUT2D eigenvalue weighted by molar-refractivity contribution is -0.137. The number of thiophene rings is 1. The van der Waals surface area contributed by atoms with Crippen LogP contribution in [0.15, 0.2) is 35.7 Å². The Morgan fingerprint density at radius 3 is 2.06 bits per heavy atom. The standard InChI is InChI=1S/C11H8F3NS/c12-11(13,14)8-3-1-7(2-4-8)10-9(15)5-6-16-10/h1-6H,15H2. The van der Waals surface area contributed by atoms with Gasteiger partial charge in [-0.3, -0.25) is 0 Å². The van der Waals surface area contributed by atoms with E-state index in [2.05, 4.69) is 0 Å². The van der Waals surface area contributed by atoms with Gasteiger partial charge >= 0.3 is 6.18 Å². The molecule has 2 N–H and O–H groups in total. The highest BCUT2D eigenvalue weighted by atomic mass is 32.1. The van der Waals surface area contributed by atoms with Gasteiger partial charge in [-0.15, -0.1) is 11.3 Å². The molecule has 0 atom stereocenters. The quantitative estimate of drug-likeness (QED) is 0.804. The van der Waals surface area contributed by atoms with Gasteiger partial charge in [0.05, 0.1) is 16.1 Å². The number of rotatable bonds is 1. The fourth-order valence-corrected chi connectivity index (χ4v) is 2.19. The Morgan fingerprint density at radius 2 is 1.62 bits per heavy atom. The summed E-state index contributed by atoms with van der Waals surface area (Å²) in [5.74, 6) is 0. The van der Waals surface area contributed by atoms with E-state index in [0.717, 1.165) is 17.0 Å². The van der Waals surface area contributed by atoms with Gasteiger partial charge in [-0.1, -0.05) is 12.1 Å². The summed E-state index contributed by atoms with van der Waals surface area (Å²) < 4.78 is 37.0. The Labute approximate surface area is 94.3 Å². The molecule has 2 rings (SSSR count). The highest BCUT2D eigenvalue weighted by Crippen LogP contribution is 2.34. The fraction of sp³-hybridized carbons (Fsp3) is 0.0909. The normalized spacial score (nSPS) is 11.7. The molecule has 1 heterocycles. The van der Waals surface area contributed by atoms with E-state index >= 15 is 0 Å². The first-order valence-corrected chi connectivity index (χ1v) is 5.37. The molecular formula is C11H8F3NS. The summed E-state index contributed by atoms with van der Waals surface area (Å²) in [5, 5.41) is 1.81. The average molecular weight is 243 g/mol. The van der Waals surface area contributed by atoms with E-state index in [1.54, 1.807) is 6.07 Å². The number of alkyl halides is 3. The average Bonchev–Trinajstić information content (AvgIpc) is 2.63. The summed E-state index contributed by atoms with van der Waals surface area (Å²) in [6.45, 7) is 0. The maximum atomic E-state index is 12.3. The molecule has 84 valence electrons. The first kappa shape index (κ1) is 11.0. The van der Waals surface area contributed by atoms with Crippen LogP contribution in [-0.4, -0.2) is 0 Å². The third-order valence-corrected chi connectivity index (χ3v) is 3.15. The lowest BCUT2D eigenvalue weighted by Gasteiger charge is -2.07. The highest BCUT2D eigenvalue weighted by Gasteiger charge is 2.30. The van der Waals surface area contributed by atoms with Gasteiger partial charge in [-0.2, -0.15) is 13.2 Å². The molecule has 0 bridgehead atoms. The van der Waals surface area contributed by atoms with Crippen LogP contribution in [-0.2, 0) is 6.18 Å². The summed E-state index contributed by atoms with van der Waals surface area (Å²) in [4.78, 5) is 0.800. The van der Waals surface area contributed by atoms with Crippen molar-refractivity contribution in [3.05, 3.63) is 41.3 Å². The summed E-state index contributed by atoms with van der Waals surface area (Å²) in [6, 6.07) is 6.73. The minimum Gasteiger partial charge on any atom is -0.398 e. The van der Waals surface area contributed by atoms with Gasteiger partial charge in [0.15, 0.2) is 0 Å². The SMILES string of the molecule is Nc1ccsc1-c1ccc(C(F)(F)F)cc1. The second-order valence-corrected chi connectivity index (χ2v) is 4.20. The van der Waals surface area contributed by atoms with Gasteiger partial charge in [-0.05, 0) is 29.1 Å². The van der Waals surface area contributed by atoms with E-state index in [-0.39, 0.29) is 0 Å². The van der Waals surface area contributed by atoms with Gasteiger partial charge in [0.1, 0.15) is 0 Å². The fourth-order valence-electron chi connectivity index (χ4n) is 1.36. The maximum Gasteiger partial charge on any atom is 0.416 e. The summed E-state index contributed by atoms with van der Waals surface area (Å²) in [7, 11) is 0. The van der Waals surface area contributed by atoms with Crippen molar-refractivity contribution in [1.82, 2.24) is 0 Å². The molecule has 0 saturated carbocycles. The molecule has 0 radical (unpaired) electrons. The van der Waals surface area contributed by atoms with E-state index in [1.807, 2.05) is 5.38 Å². The molecule has 0 unspecified atom stereocenters. The number of halogens is 3. The Bertz CT molecular complexity index is 485. The van der Waals surface area contributed by atoms with E-state index in [1.165, 1.54) is 23.5 Å². The monoisotopic (exact) mass is 243 g/mol. The predicted molar refractivity (Wildman–Crippen MR) is 59.2 cm³/mol. The number of hydrogen-bond acceptors (Lipinski definition) is 2. The van der Waals surface area contributed by atoms with Crippen molar-refractivity contribution in [3.63, 3.8) is 0 Å². The molecule has 1 aromatic heterocycles. The third kappa shape index (κ3) is 2.04. The number of nitrogens with two attached hydrogens (primary N) is 1. The zero-order valence-electron chi connectivity index (χ0n) is 8.08. The molecule has 0 saturated heterocycles. The molecule has 1 aromatic carbocycles. The topological polar surface area (TPSA) is 26.0 Å². The minimum atomic E-state index is -4.29. The van der Waals surface area contributed by atoms with Gasteiger partial charge in [0, 0.05) is 0 Å². The second-order valence-electron chi connectivity index (χ2n) is 3.28. The van der Waals surface area contributed by atoms with Gasteiger partial charge in [0.2, 0.25) is 0 Å². The molecule has 5 heteroatoms. The number of benzene rings is 1. The van der Waals surface area contributed by atoms with Crippen LogP contribution < -0.4 is 5.73 Å². The van der Waals surface area contributed by atoms with Crippen molar-refractivity contribution >= 4 is 17.0 Å². The summed E-state index contributed by atoms with van der Waals surface area (Å²) in [6.07, 6.45) is -4.29. The first-order valence-electron chi connectivity index (χ1n) is 4.49. The Balaban J connectivity index is 2.37. The van der Waals surface area contributed by atoms with E-state index < -0.39 is 11.7 Å². The van der Waals surface area contributed by atoms with Crippen LogP contribution in [0.1, 0.15) is 5.56 Å². The van der Waals surface area contributed by atoms with Crippen molar-refractivity contribution in [2.24, 2.45) is 0 Å². The number of anilines is 1. The lowest BCUT2D eigenvalue weighted by atomic mass is 10.1. The Kier molecular flexibility index (Phi) is 2.63. The third-order valence-electron chi connectivity index (χ3n) is 2.17. The largest absolute Gasteiger partial charge is 0.416 e. The molecule has 0 aliphatic rings. The van der Waals surface area contributed by atoms with Crippen LogP contribution >= 0.6 is 11.3 Å². The van der Waals surface area contributed by atoms with Crippen LogP contribution in [0.3, 0.4) is 0 Å². The van der Waals surface area contributed by atoms with Crippen molar-refractivity contribution in [3.8, 4) is 10.4 Å². The smallest absolute Gasteiger partial charge is 0.398 e. The highest BCUT2D eigenvalue weighted by molar-refractivity contribution is 7.14. The molecule has 0 aliphatic carbocycles. The zero-order valence-corrected chi connectivity index (χ0v) is 8.90. The molecule has 0 aliphatic heterocycles. The van der Waals surface area contributed by atoms with Crippen LogP contribution in [0.2, 0.25) is 0 Å². The molecular weight excluding hydrogens is 235 g/mol. The lowest BCUT2D eigenvalue weighted by Crippen LogP contribution is -2.03. The van der Waals surface area contributed by atoms with Crippen LogP contribution in [0.4, 0.5) is 18.9 Å². The molecule has 16 heavy (non-hydrogen) atoms. The molecule has 0 amide bonds. The Hall–Kier alpha value is -1.49. The molecule has 0 fully saturated rings. The van der Waals surface area contributed by atoms with E-state index in [9.17, 15) is 13.2 Å². The number of hydrogen-bond donors (Lipinski definition) is 1. The molecule has 2 aromatic rings. The van der Waals surface area contributed by atoms with Crippen LogP contribution in [0.25, 0.3) is 10.4 Å². The number of nitrogen functional groups attached to an aromatic ring is 1. The maximum absolute atomic E-state index is 12.3. The van der Waals surface area contributed by atoms with Crippen molar-refractivity contribution in [2.75, 3.05) is 5.73 Å². The minimum absolute atomic E-state index is 0.588. The van der Waals surface area contributed by atoms with Gasteiger partial charge < -0.3 is 5.73 Å². The van der Waals surface area contributed by atoms with Crippen molar-refractivity contribution in [1.29, 1.82) is 0 Å². The molecule has 1 nitrogen and oxygen atoms in total. The van der Waals surface area contributed by atoms with E-state index in [0.29, 0.717) is 11.3 Å². The second kappa shape index (κ2) is 3.83. The molecule has 0 spiro atoms. The zero-order chi connectivity index (χ0) is 11.8. The van der Waals surface area contributed by atoms with Crippen molar-refractivity contribution < 1.29 is 13.2 Å². The Morgan fingerprint density at radius 1 is 1.00 bits per heavy atom.